The highest BCUT2D eigenvalue weighted by Crippen LogP contribution is 2.25. The van der Waals surface area contributed by atoms with Crippen molar-refractivity contribution >= 4 is 12.0 Å². The lowest BCUT2D eigenvalue weighted by atomic mass is 10.0. The number of methoxy groups -OCH3 is 1. The van der Waals surface area contributed by atoms with E-state index < -0.39 is 5.91 Å². The van der Waals surface area contributed by atoms with Crippen molar-refractivity contribution in [3.05, 3.63) is 34.4 Å². The largest absolute Gasteiger partial charge is 0.496 e. The molecule has 0 unspecified atom stereocenters. The molecule has 0 fully saturated rings. The molecule has 1 aromatic carbocycles. The van der Waals surface area contributed by atoms with Gasteiger partial charge in [-0.1, -0.05) is 6.07 Å². The number of primary amides is 1. The number of nitriles is 1. The van der Waals surface area contributed by atoms with Crippen molar-refractivity contribution in [2.45, 2.75) is 13.8 Å². The van der Waals surface area contributed by atoms with Crippen LogP contribution < -0.4 is 10.5 Å². The van der Waals surface area contributed by atoms with Crippen molar-refractivity contribution in [2.75, 3.05) is 7.11 Å². The van der Waals surface area contributed by atoms with E-state index in [1.54, 1.807) is 25.3 Å². The molecule has 1 amide bonds. The molecule has 0 saturated carbocycles. The molecular formula is C13H14N2O2. The summed E-state index contributed by atoms with van der Waals surface area (Å²) in [6.45, 7) is 3.82. The third-order valence-corrected chi connectivity index (χ3v) is 2.69. The molecule has 0 aliphatic heterocycles. The molecule has 0 heterocycles. The SMILES string of the molecule is COc1ccc(/C=C(\C#N)C(N)=O)c(C)c1C. The van der Waals surface area contributed by atoms with Crippen molar-refractivity contribution in [1.29, 1.82) is 5.26 Å². The highest BCUT2D eigenvalue weighted by Gasteiger charge is 2.08. The van der Waals surface area contributed by atoms with Gasteiger partial charge in [0.05, 0.1) is 7.11 Å². The van der Waals surface area contributed by atoms with Crippen LogP contribution in [0.1, 0.15) is 16.7 Å². The molecule has 0 saturated heterocycles. The molecule has 0 aliphatic carbocycles. The fourth-order valence-corrected chi connectivity index (χ4v) is 1.51. The van der Waals surface area contributed by atoms with Gasteiger partial charge in [-0.05, 0) is 42.7 Å². The molecule has 0 aliphatic rings. The van der Waals surface area contributed by atoms with Crippen LogP contribution in [0.15, 0.2) is 17.7 Å². The maximum Gasteiger partial charge on any atom is 0.259 e. The van der Waals surface area contributed by atoms with Gasteiger partial charge in [-0.2, -0.15) is 5.26 Å². The van der Waals surface area contributed by atoms with E-state index in [9.17, 15) is 4.79 Å². The van der Waals surface area contributed by atoms with E-state index >= 15 is 0 Å². The van der Waals surface area contributed by atoms with Gasteiger partial charge in [-0.25, -0.2) is 0 Å². The highest BCUT2D eigenvalue weighted by molar-refractivity contribution is 6.00. The monoisotopic (exact) mass is 230 g/mol. The van der Waals surface area contributed by atoms with Gasteiger partial charge >= 0.3 is 0 Å². The lowest BCUT2D eigenvalue weighted by Gasteiger charge is -2.10. The molecule has 2 N–H and O–H groups in total. The molecule has 0 atom stereocenters. The first kappa shape index (κ1) is 12.8. The molecule has 0 aromatic heterocycles. The number of hydrogen-bond acceptors (Lipinski definition) is 3. The Hall–Kier alpha value is -2.28. The van der Waals surface area contributed by atoms with Crippen LogP contribution >= 0.6 is 0 Å². The Kier molecular flexibility index (Phi) is 3.89. The van der Waals surface area contributed by atoms with Gasteiger partial charge in [0.1, 0.15) is 17.4 Å². The number of nitrogens with two attached hydrogens (primary N) is 1. The Bertz CT molecular complexity index is 525. The molecular weight excluding hydrogens is 216 g/mol. The Labute approximate surface area is 100 Å². The minimum absolute atomic E-state index is 0.0577. The Morgan fingerprint density at radius 2 is 2.06 bits per heavy atom. The van der Waals surface area contributed by atoms with E-state index in [0.717, 1.165) is 22.4 Å². The maximum absolute atomic E-state index is 11.0. The zero-order valence-corrected chi connectivity index (χ0v) is 10.1. The highest BCUT2D eigenvalue weighted by atomic mass is 16.5. The molecule has 1 rings (SSSR count). The zero-order chi connectivity index (χ0) is 13.0. The Morgan fingerprint density at radius 3 is 2.53 bits per heavy atom. The molecule has 4 nitrogen and oxygen atoms in total. The van der Waals surface area contributed by atoms with E-state index in [1.165, 1.54) is 6.08 Å². The summed E-state index contributed by atoms with van der Waals surface area (Å²) in [5, 5.41) is 8.77. The molecule has 88 valence electrons. The van der Waals surface area contributed by atoms with Crippen LogP contribution in [0.4, 0.5) is 0 Å². The summed E-state index contributed by atoms with van der Waals surface area (Å²) >= 11 is 0. The van der Waals surface area contributed by atoms with Crippen LogP contribution in [-0.2, 0) is 4.79 Å². The van der Waals surface area contributed by atoms with E-state index in [-0.39, 0.29) is 5.57 Å². The Morgan fingerprint density at radius 1 is 1.41 bits per heavy atom. The first-order valence-corrected chi connectivity index (χ1v) is 5.07. The minimum atomic E-state index is -0.722. The van der Waals surface area contributed by atoms with Gasteiger partial charge in [0.2, 0.25) is 0 Å². The topological polar surface area (TPSA) is 76.1 Å². The summed E-state index contributed by atoms with van der Waals surface area (Å²) in [4.78, 5) is 11.0. The number of hydrogen-bond donors (Lipinski definition) is 1. The number of rotatable bonds is 3. The quantitative estimate of drug-likeness (QED) is 0.634. The average Bonchev–Trinajstić information content (AvgIpc) is 2.30. The van der Waals surface area contributed by atoms with Crippen LogP contribution in [0, 0.1) is 25.2 Å². The number of benzene rings is 1. The predicted octanol–water partition coefficient (Wildman–Crippen LogP) is 1.70. The number of carbonyl (C=O) groups excluding carboxylic acids is 1. The van der Waals surface area contributed by atoms with Gasteiger partial charge in [0.25, 0.3) is 5.91 Å². The van der Waals surface area contributed by atoms with Gasteiger partial charge in [-0.15, -0.1) is 0 Å². The molecule has 0 spiro atoms. The first-order chi connectivity index (χ1) is 8.01. The van der Waals surface area contributed by atoms with E-state index in [1.807, 2.05) is 13.8 Å². The van der Waals surface area contributed by atoms with Crippen LogP contribution in [0.5, 0.6) is 5.75 Å². The summed E-state index contributed by atoms with van der Waals surface area (Å²) in [6, 6.07) is 5.37. The molecule has 4 heteroatoms. The van der Waals surface area contributed by atoms with E-state index in [4.69, 9.17) is 15.7 Å². The lowest BCUT2D eigenvalue weighted by molar-refractivity contribution is -0.114. The Balaban J connectivity index is 3.31. The second-order valence-electron chi connectivity index (χ2n) is 3.64. The molecule has 1 aromatic rings. The standard InChI is InChI=1S/C13H14N2O2/c1-8-9(2)12(17-3)5-4-10(8)6-11(7-14)13(15)16/h4-6H,1-3H3,(H2,15,16)/b11-6+. The zero-order valence-electron chi connectivity index (χ0n) is 10.1. The smallest absolute Gasteiger partial charge is 0.259 e. The molecule has 17 heavy (non-hydrogen) atoms. The molecule has 0 radical (unpaired) electrons. The first-order valence-electron chi connectivity index (χ1n) is 5.07. The lowest BCUT2D eigenvalue weighted by Crippen LogP contribution is -2.12. The van der Waals surface area contributed by atoms with Crippen LogP contribution in [0.2, 0.25) is 0 Å². The summed E-state index contributed by atoms with van der Waals surface area (Å²) in [5.41, 5.74) is 7.75. The van der Waals surface area contributed by atoms with Crippen LogP contribution in [0.3, 0.4) is 0 Å². The van der Waals surface area contributed by atoms with Crippen LogP contribution in [-0.4, -0.2) is 13.0 Å². The predicted molar refractivity (Wildman–Crippen MR) is 65.3 cm³/mol. The number of amides is 1. The van der Waals surface area contributed by atoms with Gasteiger partial charge in [-0.3, -0.25) is 4.79 Å². The number of nitrogens with zero attached hydrogens (tertiary/aromatic N) is 1. The van der Waals surface area contributed by atoms with E-state index in [2.05, 4.69) is 0 Å². The fourth-order valence-electron chi connectivity index (χ4n) is 1.51. The summed E-state index contributed by atoms with van der Waals surface area (Å²) < 4.78 is 5.18. The van der Waals surface area contributed by atoms with Gasteiger partial charge in [0.15, 0.2) is 0 Å². The second-order valence-corrected chi connectivity index (χ2v) is 3.64. The maximum atomic E-state index is 11.0. The third-order valence-electron chi connectivity index (χ3n) is 2.69. The summed E-state index contributed by atoms with van der Waals surface area (Å²) in [7, 11) is 1.60. The normalized spacial score (nSPS) is 10.8. The van der Waals surface area contributed by atoms with Gasteiger partial charge in [0, 0.05) is 0 Å². The van der Waals surface area contributed by atoms with Gasteiger partial charge < -0.3 is 10.5 Å². The molecule has 0 bridgehead atoms. The van der Waals surface area contributed by atoms with Crippen molar-refractivity contribution in [3.8, 4) is 11.8 Å². The fraction of sp³-hybridized carbons (Fsp3) is 0.231. The third kappa shape index (κ3) is 2.64. The second kappa shape index (κ2) is 5.17. The van der Waals surface area contributed by atoms with Crippen molar-refractivity contribution in [1.82, 2.24) is 0 Å². The number of carbonyl (C=O) groups is 1. The average molecular weight is 230 g/mol. The van der Waals surface area contributed by atoms with Crippen molar-refractivity contribution in [2.24, 2.45) is 5.73 Å². The summed E-state index contributed by atoms with van der Waals surface area (Å²) in [5.74, 6) is 0.0533. The van der Waals surface area contributed by atoms with Crippen molar-refractivity contribution in [3.63, 3.8) is 0 Å². The van der Waals surface area contributed by atoms with Crippen molar-refractivity contribution < 1.29 is 9.53 Å². The van der Waals surface area contributed by atoms with Crippen LogP contribution in [0.25, 0.3) is 6.08 Å². The van der Waals surface area contributed by atoms with E-state index in [0.29, 0.717) is 0 Å². The minimum Gasteiger partial charge on any atom is -0.496 e. The number of ether oxygens (including phenoxy) is 1. The summed E-state index contributed by atoms with van der Waals surface area (Å²) in [6.07, 6.45) is 1.49.